The van der Waals surface area contributed by atoms with E-state index >= 15 is 0 Å². The standard InChI is InChI=1S/C10H18O5Si/c1-8(11)14-16(4,15-9(2)12)7-10(3)5-13-6-10/h5-7H2,1-4H3. The Hall–Kier alpha value is -0.883. The van der Waals surface area contributed by atoms with Crippen molar-refractivity contribution in [2.45, 2.75) is 33.4 Å². The van der Waals surface area contributed by atoms with Crippen LogP contribution < -0.4 is 0 Å². The molecule has 0 N–H and O–H groups in total. The molecular weight excluding hydrogens is 228 g/mol. The van der Waals surface area contributed by atoms with E-state index in [1.54, 1.807) is 6.55 Å². The van der Waals surface area contributed by atoms with Gasteiger partial charge in [0.25, 0.3) is 11.9 Å². The maximum atomic E-state index is 11.0. The fraction of sp³-hybridized carbons (Fsp3) is 0.800. The van der Waals surface area contributed by atoms with Crippen LogP contribution in [0.3, 0.4) is 0 Å². The van der Waals surface area contributed by atoms with Gasteiger partial charge in [0.2, 0.25) is 0 Å². The molecule has 0 saturated carbocycles. The molecule has 1 aliphatic heterocycles. The fourth-order valence-corrected chi connectivity index (χ4v) is 5.19. The maximum absolute atomic E-state index is 11.0. The van der Waals surface area contributed by atoms with E-state index in [9.17, 15) is 9.59 Å². The minimum Gasteiger partial charge on any atom is -0.485 e. The molecule has 5 nitrogen and oxygen atoms in total. The number of carbonyl (C=O) groups excluding carboxylic acids is 2. The van der Waals surface area contributed by atoms with Gasteiger partial charge in [-0.05, 0) is 0 Å². The average Bonchev–Trinajstić information content (AvgIpc) is 1.96. The molecule has 0 aromatic rings. The Morgan fingerprint density at radius 2 is 1.69 bits per heavy atom. The van der Waals surface area contributed by atoms with E-state index < -0.39 is 20.5 Å². The van der Waals surface area contributed by atoms with Crippen molar-refractivity contribution in [2.24, 2.45) is 5.41 Å². The van der Waals surface area contributed by atoms with Crippen molar-refractivity contribution >= 4 is 20.5 Å². The summed E-state index contributed by atoms with van der Waals surface area (Å²) in [6, 6.07) is 0.582. The molecule has 6 heteroatoms. The highest BCUT2D eigenvalue weighted by atomic mass is 28.4. The van der Waals surface area contributed by atoms with Crippen molar-refractivity contribution < 1.29 is 23.2 Å². The van der Waals surface area contributed by atoms with Gasteiger partial charge in [-0.15, -0.1) is 0 Å². The van der Waals surface area contributed by atoms with Crippen LogP contribution >= 0.6 is 0 Å². The molecule has 1 saturated heterocycles. The first-order chi connectivity index (χ1) is 7.25. The third kappa shape index (κ3) is 3.60. The molecule has 0 aromatic heterocycles. The van der Waals surface area contributed by atoms with Crippen LogP contribution in [-0.4, -0.2) is 33.7 Å². The smallest absolute Gasteiger partial charge is 0.461 e. The number of ether oxygens (including phenoxy) is 1. The first-order valence-electron chi connectivity index (χ1n) is 5.22. The summed E-state index contributed by atoms with van der Waals surface area (Å²) in [6.07, 6.45) is 0. The van der Waals surface area contributed by atoms with Gasteiger partial charge >= 0.3 is 8.56 Å². The van der Waals surface area contributed by atoms with Crippen molar-refractivity contribution in [3.63, 3.8) is 0 Å². The lowest BCUT2D eigenvalue weighted by Gasteiger charge is -2.41. The summed E-state index contributed by atoms with van der Waals surface area (Å²) in [5, 5.41) is 0. The van der Waals surface area contributed by atoms with Gasteiger partial charge in [0.1, 0.15) is 0 Å². The topological polar surface area (TPSA) is 61.8 Å². The van der Waals surface area contributed by atoms with E-state index in [-0.39, 0.29) is 5.41 Å². The number of carbonyl (C=O) groups is 2. The summed E-state index contributed by atoms with van der Waals surface area (Å²) in [6.45, 7) is 7.67. The molecule has 0 atom stereocenters. The van der Waals surface area contributed by atoms with Crippen LogP contribution in [0, 0.1) is 5.41 Å². The lowest BCUT2D eigenvalue weighted by Crippen LogP contribution is -2.51. The van der Waals surface area contributed by atoms with Crippen LogP contribution in [0.1, 0.15) is 20.8 Å². The predicted molar refractivity (Wildman–Crippen MR) is 58.9 cm³/mol. The zero-order valence-electron chi connectivity index (χ0n) is 10.2. The molecule has 0 bridgehead atoms. The van der Waals surface area contributed by atoms with Gasteiger partial charge < -0.3 is 13.6 Å². The first kappa shape index (κ1) is 13.2. The molecule has 1 heterocycles. The van der Waals surface area contributed by atoms with E-state index in [0.29, 0.717) is 19.3 Å². The molecule has 0 unspecified atom stereocenters. The molecule has 1 fully saturated rings. The molecule has 0 aromatic carbocycles. The van der Waals surface area contributed by atoms with Crippen molar-refractivity contribution in [2.75, 3.05) is 13.2 Å². The van der Waals surface area contributed by atoms with Gasteiger partial charge in [0, 0.05) is 31.9 Å². The highest BCUT2D eigenvalue weighted by molar-refractivity contribution is 6.69. The monoisotopic (exact) mass is 246 g/mol. The lowest BCUT2D eigenvalue weighted by molar-refractivity contribution is -0.140. The summed E-state index contributed by atoms with van der Waals surface area (Å²) >= 11 is 0. The van der Waals surface area contributed by atoms with Crippen molar-refractivity contribution in [1.82, 2.24) is 0 Å². The Morgan fingerprint density at radius 1 is 1.25 bits per heavy atom. The number of hydrogen-bond acceptors (Lipinski definition) is 5. The minimum atomic E-state index is -2.76. The molecule has 92 valence electrons. The average molecular weight is 246 g/mol. The predicted octanol–water partition coefficient (Wildman–Crippen LogP) is 1.22. The Labute approximate surface area is 96.3 Å². The summed E-state index contributed by atoms with van der Waals surface area (Å²) in [4.78, 5) is 22.0. The van der Waals surface area contributed by atoms with Crippen LogP contribution in [0.5, 0.6) is 0 Å². The minimum absolute atomic E-state index is 0.0358. The van der Waals surface area contributed by atoms with Gasteiger partial charge in [0.05, 0.1) is 13.2 Å². The Morgan fingerprint density at radius 3 is 1.94 bits per heavy atom. The van der Waals surface area contributed by atoms with Crippen molar-refractivity contribution in [3.05, 3.63) is 0 Å². The first-order valence-corrected chi connectivity index (χ1v) is 7.74. The summed E-state index contributed by atoms with van der Waals surface area (Å²) in [5.74, 6) is -0.807. The van der Waals surface area contributed by atoms with E-state index in [2.05, 4.69) is 0 Å². The highest BCUT2D eigenvalue weighted by Gasteiger charge is 2.48. The highest BCUT2D eigenvalue weighted by Crippen LogP contribution is 2.36. The van der Waals surface area contributed by atoms with Crippen molar-refractivity contribution in [3.8, 4) is 0 Å². The molecule has 16 heavy (non-hydrogen) atoms. The normalized spacial score (nSPS) is 18.5. The Balaban J connectivity index is 2.68. The van der Waals surface area contributed by atoms with Crippen molar-refractivity contribution in [1.29, 1.82) is 0 Å². The Kier molecular flexibility index (Phi) is 3.74. The van der Waals surface area contributed by atoms with Crippen LogP contribution in [0.2, 0.25) is 12.6 Å². The quantitative estimate of drug-likeness (QED) is 0.698. The van der Waals surface area contributed by atoms with Gasteiger partial charge in [0.15, 0.2) is 0 Å². The fourth-order valence-electron chi connectivity index (χ4n) is 2.03. The molecule has 1 rings (SSSR count). The number of hydrogen-bond donors (Lipinski definition) is 0. The van der Waals surface area contributed by atoms with Gasteiger partial charge in [-0.1, -0.05) is 6.92 Å². The Bertz CT molecular complexity index is 282. The van der Waals surface area contributed by atoms with Crippen LogP contribution in [0.25, 0.3) is 0 Å². The van der Waals surface area contributed by atoms with E-state index in [4.69, 9.17) is 13.6 Å². The maximum Gasteiger partial charge on any atom is 0.461 e. The second kappa shape index (κ2) is 4.55. The van der Waals surface area contributed by atoms with E-state index in [1.165, 1.54) is 13.8 Å². The SMILES string of the molecule is CC(=O)O[Si](C)(CC1(C)COC1)OC(C)=O. The third-order valence-electron chi connectivity index (χ3n) is 2.37. The van der Waals surface area contributed by atoms with E-state index in [1.807, 2.05) is 6.92 Å². The molecule has 0 radical (unpaired) electrons. The summed E-state index contributed by atoms with van der Waals surface area (Å²) < 4.78 is 15.6. The van der Waals surface area contributed by atoms with Crippen LogP contribution in [0.4, 0.5) is 0 Å². The molecule has 1 aliphatic rings. The molecule has 0 spiro atoms. The zero-order chi connectivity index (χ0) is 12.4. The van der Waals surface area contributed by atoms with Crippen LogP contribution in [0.15, 0.2) is 0 Å². The third-order valence-corrected chi connectivity index (χ3v) is 5.30. The molecular formula is C10H18O5Si. The molecule has 0 aliphatic carbocycles. The summed E-state index contributed by atoms with van der Waals surface area (Å²) in [7, 11) is -2.76. The van der Waals surface area contributed by atoms with E-state index in [0.717, 1.165) is 0 Å². The summed E-state index contributed by atoms with van der Waals surface area (Å²) in [5.41, 5.74) is -0.0358. The van der Waals surface area contributed by atoms with Gasteiger partial charge in [-0.2, -0.15) is 0 Å². The van der Waals surface area contributed by atoms with Crippen LogP contribution in [-0.2, 0) is 23.2 Å². The number of rotatable bonds is 4. The second-order valence-electron chi connectivity index (χ2n) is 4.80. The molecule has 0 amide bonds. The van der Waals surface area contributed by atoms with Gasteiger partial charge in [-0.3, -0.25) is 9.59 Å². The zero-order valence-corrected chi connectivity index (χ0v) is 11.2. The largest absolute Gasteiger partial charge is 0.485 e. The second-order valence-corrected chi connectivity index (χ2v) is 7.83. The van der Waals surface area contributed by atoms with Gasteiger partial charge in [-0.25, -0.2) is 0 Å². The lowest BCUT2D eigenvalue weighted by atomic mass is 9.91.